The fourth-order valence-electron chi connectivity index (χ4n) is 7.06. The van der Waals surface area contributed by atoms with Crippen molar-refractivity contribution in [3.05, 3.63) is 59.1 Å². The highest BCUT2D eigenvalue weighted by atomic mass is 35.5. The van der Waals surface area contributed by atoms with Crippen molar-refractivity contribution in [1.82, 2.24) is 19.8 Å². The molecule has 0 bridgehead atoms. The first-order chi connectivity index (χ1) is 22.0. The maximum absolute atomic E-state index is 14.7. The Morgan fingerprint density at radius 2 is 2.09 bits per heavy atom. The van der Waals surface area contributed by atoms with Gasteiger partial charge >= 0.3 is 6.01 Å². The van der Waals surface area contributed by atoms with Gasteiger partial charge in [-0.1, -0.05) is 63.3 Å². The molecule has 250 valence electrons. The normalized spacial score (nSPS) is 25.8. The van der Waals surface area contributed by atoms with E-state index < -0.39 is 23.9 Å². The molecule has 0 spiro atoms. The van der Waals surface area contributed by atoms with Crippen LogP contribution in [0.25, 0.3) is 0 Å². The number of ether oxygens (including phenoxy) is 1. The lowest BCUT2D eigenvalue weighted by molar-refractivity contribution is -0.131. The van der Waals surface area contributed by atoms with Crippen LogP contribution in [0.3, 0.4) is 0 Å². The fraction of sp³-hybridized carbons (Fsp3) is 0.600. The third kappa shape index (κ3) is 7.63. The first kappa shape index (κ1) is 35.6. The van der Waals surface area contributed by atoms with Crippen molar-refractivity contribution < 1.29 is 18.3 Å². The number of fused-ring (bicyclic) bond motifs is 1. The summed E-state index contributed by atoms with van der Waals surface area (Å²) in [5.74, 6) is -1.12. The van der Waals surface area contributed by atoms with Crippen LogP contribution in [0.5, 0.6) is 6.01 Å². The van der Waals surface area contributed by atoms with Crippen LogP contribution in [0.1, 0.15) is 83.4 Å². The maximum atomic E-state index is 14.7. The average Bonchev–Trinajstić information content (AvgIpc) is 3.18. The second-order valence-electron chi connectivity index (χ2n) is 12.8. The van der Waals surface area contributed by atoms with Crippen molar-refractivity contribution in [2.45, 2.75) is 102 Å². The first-order valence-corrected chi connectivity index (χ1v) is 16.7. The third-order valence-corrected chi connectivity index (χ3v) is 10.0. The van der Waals surface area contributed by atoms with E-state index in [2.05, 4.69) is 42.9 Å². The van der Waals surface area contributed by atoms with Crippen molar-refractivity contribution in [1.29, 1.82) is 5.26 Å². The molecule has 3 saturated heterocycles. The number of rotatable bonds is 14. The van der Waals surface area contributed by atoms with Crippen LogP contribution in [0.4, 0.5) is 14.6 Å². The number of aromatic nitrogens is 2. The standard InChI is InChI=1S/C35H47ClF2N6O2/c1-7-9-11-27(24(4)36)13-12-23(3)31-29(10-8-2)32(42-18-19-43(33(45)25(5)37)28(21-42)14-16-39)41-34(40-31)46-22-35-15-17-44(35)26(6)30(38)20-35/h7,9,11,23,26,28,30H,1,5,8,10,12-15,17-22H2,2-4,6H3/b11-9-,27-24-. The van der Waals surface area contributed by atoms with Gasteiger partial charge in [0, 0.05) is 49.2 Å². The Morgan fingerprint density at radius 3 is 2.67 bits per heavy atom. The minimum absolute atomic E-state index is 0.0153. The number of anilines is 1. The summed E-state index contributed by atoms with van der Waals surface area (Å²) in [6.07, 6.45) is 9.06. The number of amides is 1. The zero-order valence-electron chi connectivity index (χ0n) is 27.6. The van der Waals surface area contributed by atoms with E-state index in [0.717, 1.165) is 54.1 Å². The van der Waals surface area contributed by atoms with E-state index in [0.29, 0.717) is 38.4 Å². The molecule has 0 N–H and O–H groups in total. The molecule has 5 unspecified atom stereocenters. The second-order valence-corrected chi connectivity index (χ2v) is 13.4. The highest BCUT2D eigenvalue weighted by molar-refractivity contribution is 6.29. The van der Waals surface area contributed by atoms with E-state index in [1.807, 2.05) is 26.0 Å². The molecular formula is C35H47ClF2N6O2. The number of hydrogen-bond donors (Lipinski definition) is 0. The predicted octanol–water partition coefficient (Wildman–Crippen LogP) is 6.94. The van der Waals surface area contributed by atoms with Crippen LogP contribution in [-0.2, 0) is 11.2 Å². The van der Waals surface area contributed by atoms with Gasteiger partial charge in [-0.25, -0.2) is 8.78 Å². The van der Waals surface area contributed by atoms with Crippen LogP contribution < -0.4 is 9.64 Å². The molecule has 0 aliphatic carbocycles. The molecule has 1 amide bonds. The summed E-state index contributed by atoms with van der Waals surface area (Å²) >= 11 is 6.42. The molecule has 3 aliphatic rings. The molecule has 46 heavy (non-hydrogen) atoms. The summed E-state index contributed by atoms with van der Waals surface area (Å²) in [6.45, 7) is 17.0. The van der Waals surface area contributed by atoms with Crippen LogP contribution in [0.15, 0.2) is 47.8 Å². The molecule has 0 aromatic carbocycles. The molecule has 8 nitrogen and oxygen atoms in total. The molecule has 1 aromatic rings. The van der Waals surface area contributed by atoms with E-state index in [-0.39, 0.29) is 36.5 Å². The Kier molecular flexibility index (Phi) is 12.0. The topological polar surface area (TPSA) is 85.6 Å². The molecule has 5 atom stereocenters. The van der Waals surface area contributed by atoms with Gasteiger partial charge < -0.3 is 14.5 Å². The van der Waals surface area contributed by atoms with Gasteiger partial charge in [0.15, 0.2) is 5.83 Å². The summed E-state index contributed by atoms with van der Waals surface area (Å²) < 4.78 is 35.0. The lowest BCUT2D eigenvalue weighted by atomic mass is 9.86. The molecule has 0 saturated carbocycles. The minimum atomic E-state index is -1.04. The fourth-order valence-corrected chi connectivity index (χ4v) is 7.22. The van der Waals surface area contributed by atoms with E-state index >= 15 is 0 Å². The molecule has 4 heterocycles. The molecule has 11 heteroatoms. The minimum Gasteiger partial charge on any atom is -0.461 e. The summed E-state index contributed by atoms with van der Waals surface area (Å²) in [7, 11) is 0. The summed E-state index contributed by atoms with van der Waals surface area (Å²) in [6, 6.07) is 1.70. The summed E-state index contributed by atoms with van der Waals surface area (Å²) in [5.41, 5.74) is 2.53. The predicted molar refractivity (Wildman–Crippen MR) is 178 cm³/mol. The molecular weight excluding hydrogens is 610 g/mol. The van der Waals surface area contributed by atoms with Gasteiger partial charge in [0.05, 0.1) is 29.8 Å². The number of nitriles is 1. The van der Waals surface area contributed by atoms with Crippen LogP contribution in [-0.4, -0.2) is 82.3 Å². The monoisotopic (exact) mass is 656 g/mol. The Hall–Kier alpha value is -3.29. The van der Waals surface area contributed by atoms with E-state index in [1.165, 1.54) is 4.90 Å². The number of carbonyl (C=O) groups excluding carboxylic acids is 1. The van der Waals surface area contributed by atoms with E-state index in [4.69, 9.17) is 26.3 Å². The van der Waals surface area contributed by atoms with Gasteiger partial charge in [0.1, 0.15) is 18.6 Å². The van der Waals surface area contributed by atoms with Gasteiger partial charge in [0.2, 0.25) is 0 Å². The molecule has 1 aromatic heterocycles. The maximum Gasteiger partial charge on any atom is 0.318 e. The number of hydrogen-bond acceptors (Lipinski definition) is 7. The van der Waals surface area contributed by atoms with Crippen LogP contribution >= 0.6 is 11.6 Å². The largest absolute Gasteiger partial charge is 0.461 e. The van der Waals surface area contributed by atoms with Gasteiger partial charge in [-0.2, -0.15) is 15.2 Å². The third-order valence-electron chi connectivity index (χ3n) is 9.78. The summed E-state index contributed by atoms with van der Waals surface area (Å²) in [5, 5.41) is 10.3. The molecule has 4 rings (SSSR count). The number of carbonyl (C=O) groups is 1. The quantitative estimate of drug-likeness (QED) is 0.158. The lowest BCUT2D eigenvalue weighted by Crippen LogP contribution is -2.61. The second kappa shape index (κ2) is 15.5. The Morgan fingerprint density at radius 1 is 1.33 bits per heavy atom. The van der Waals surface area contributed by atoms with Crippen molar-refractivity contribution in [2.24, 2.45) is 0 Å². The van der Waals surface area contributed by atoms with Gasteiger partial charge in [-0.05, 0) is 51.0 Å². The zero-order chi connectivity index (χ0) is 33.6. The molecule has 0 radical (unpaired) electrons. The van der Waals surface area contributed by atoms with Crippen molar-refractivity contribution >= 4 is 23.3 Å². The van der Waals surface area contributed by atoms with Crippen molar-refractivity contribution in [3.8, 4) is 12.1 Å². The van der Waals surface area contributed by atoms with Gasteiger partial charge in [-0.3, -0.25) is 9.69 Å². The zero-order valence-corrected chi connectivity index (χ0v) is 28.3. The van der Waals surface area contributed by atoms with E-state index in [1.54, 1.807) is 6.08 Å². The van der Waals surface area contributed by atoms with Crippen LogP contribution in [0, 0.1) is 11.3 Å². The number of nitrogens with zero attached hydrogens (tertiary/aromatic N) is 6. The number of alkyl halides is 1. The number of halogens is 3. The number of allylic oxidation sites excluding steroid dienone is 5. The Balaban J connectivity index is 1.70. The van der Waals surface area contributed by atoms with Gasteiger partial charge in [-0.15, -0.1) is 0 Å². The van der Waals surface area contributed by atoms with Gasteiger partial charge in [0.25, 0.3) is 5.91 Å². The SMILES string of the molecule is C=C/C=C\C(CCC(C)c1nc(OCC23CCN2C(C)C(F)C3)nc(N2CCN(C(=O)C(=C)F)C(CC#N)C2)c1CCC)=C(/C)Cl. The van der Waals surface area contributed by atoms with Crippen molar-refractivity contribution in [2.75, 3.05) is 37.7 Å². The first-order valence-electron chi connectivity index (χ1n) is 16.3. The van der Waals surface area contributed by atoms with Crippen LogP contribution in [0.2, 0.25) is 0 Å². The molecule has 3 fully saturated rings. The smallest absolute Gasteiger partial charge is 0.318 e. The van der Waals surface area contributed by atoms with E-state index in [9.17, 15) is 18.8 Å². The lowest BCUT2D eigenvalue weighted by Gasteiger charge is -2.49. The highest BCUT2D eigenvalue weighted by Crippen LogP contribution is 2.45. The molecule has 3 aliphatic heterocycles. The highest BCUT2D eigenvalue weighted by Gasteiger charge is 2.56. The van der Waals surface area contributed by atoms with Crippen molar-refractivity contribution in [3.63, 3.8) is 0 Å². The Labute approximate surface area is 277 Å². The summed E-state index contributed by atoms with van der Waals surface area (Å²) in [4.78, 5) is 28.2. The number of piperazine rings is 1. The Bertz CT molecular complexity index is 1410. The average molecular weight is 657 g/mol.